The van der Waals surface area contributed by atoms with Crippen molar-refractivity contribution in [2.75, 3.05) is 6.61 Å². The molecule has 9 heteroatoms. The summed E-state index contributed by atoms with van der Waals surface area (Å²) in [6.07, 6.45) is 0. The molecule has 106 valence electrons. The highest BCUT2D eigenvalue weighted by Crippen LogP contribution is 2.31. The van der Waals surface area contributed by atoms with Crippen LogP contribution in [0.4, 0.5) is 10.1 Å². The molecule has 0 heterocycles. The van der Waals surface area contributed by atoms with Crippen LogP contribution in [0.5, 0.6) is 5.75 Å². The lowest BCUT2D eigenvalue weighted by Crippen LogP contribution is -2.15. The first-order valence-corrected chi connectivity index (χ1v) is 6.81. The highest BCUT2D eigenvalue weighted by Gasteiger charge is 2.25. The highest BCUT2D eigenvalue weighted by atomic mass is 32.2. The Labute approximate surface area is 109 Å². The highest BCUT2D eigenvalue weighted by molar-refractivity contribution is 7.89. The SMILES string of the molecule is CC(C)COc1cc(F)c(S(N)(=O)=O)cc1[N+](=O)[O-]. The maximum atomic E-state index is 13.6. The maximum Gasteiger partial charge on any atom is 0.312 e. The monoisotopic (exact) mass is 292 g/mol. The van der Waals surface area contributed by atoms with Gasteiger partial charge in [0.05, 0.1) is 11.5 Å². The number of sulfonamides is 1. The first kappa shape index (κ1) is 15.3. The number of primary sulfonamides is 1. The molecule has 0 spiro atoms. The van der Waals surface area contributed by atoms with Gasteiger partial charge in [-0.2, -0.15) is 0 Å². The van der Waals surface area contributed by atoms with E-state index < -0.39 is 31.3 Å². The number of hydrogen-bond donors (Lipinski definition) is 1. The molecule has 1 rings (SSSR count). The summed E-state index contributed by atoms with van der Waals surface area (Å²) in [4.78, 5) is 9.03. The van der Waals surface area contributed by atoms with Gasteiger partial charge >= 0.3 is 5.69 Å². The maximum absolute atomic E-state index is 13.6. The van der Waals surface area contributed by atoms with Crippen molar-refractivity contribution in [1.29, 1.82) is 0 Å². The number of rotatable bonds is 5. The Hall–Kier alpha value is -1.74. The van der Waals surface area contributed by atoms with E-state index in [9.17, 15) is 22.9 Å². The van der Waals surface area contributed by atoms with E-state index in [0.717, 1.165) is 0 Å². The van der Waals surface area contributed by atoms with E-state index >= 15 is 0 Å². The van der Waals surface area contributed by atoms with Crippen molar-refractivity contribution in [3.8, 4) is 5.75 Å². The second-order valence-corrected chi connectivity index (χ2v) is 5.79. The lowest BCUT2D eigenvalue weighted by atomic mass is 10.2. The van der Waals surface area contributed by atoms with Crippen LogP contribution in [-0.2, 0) is 10.0 Å². The van der Waals surface area contributed by atoms with Crippen LogP contribution in [-0.4, -0.2) is 19.9 Å². The Balaban J connectivity index is 3.34. The zero-order valence-corrected chi connectivity index (χ0v) is 11.1. The van der Waals surface area contributed by atoms with Crippen LogP contribution < -0.4 is 9.88 Å². The lowest BCUT2D eigenvalue weighted by Gasteiger charge is -2.10. The van der Waals surface area contributed by atoms with Gasteiger partial charge in [-0.25, -0.2) is 17.9 Å². The van der Waals surface area contributed by atoms with E-state index in [0.29, 0.717) is 12.1 Å². The zero-order chi connectivity index (χ0) is 14.8. The van der Waals surface area contributed by atoms with Crippen LogP contribution in [0, 0.1) is 21.8 Å². The van der Waals surface area contributed by atoms with E-state index in [2.05, 4.69) is 0 Å². The zero-order valence-electron chi connectivity index (χ0n) is 10.3. The van der Waals surface area contributed by atoms with E-state index in [1.807, 2.05) is 0 Å². The van der Waals surface area contributed by atoms with Crippen LogP contribution in [0.1, 0.15) is 13.8 Å². The summed E-state index contributed by atoms with van der Waals surface area (Å²) < 4.78 is 40.8. The van der Waals surface area contributed by atoms with Crippen molar-refractivity contribution in [2.45, 2.75) is 18.7 Å². The third-order valence-corrected chi connectivity index (χ3v) is 3.01. The summed E-state index contributed by atoms with van der Waals surface area (Å²) in [5.41, 5.74) is -0.647. The molecule has 0 aliphatic carbocycles. The molecule has 1 aromatic rings. The van der Waals surface area contributed by atoms with Gasteiger partial charge in [-0.15, -0.1) is 0 Å². The first-order valence-electron chi connectivity index (χ1n) is 5.26. The first-order chi connectivity index (χ1) is 8.62. The van der Waals surface area contributed by atoms with Gasteiger partial charge in [-0.3, -0.25) is 10.1 Å². The van der Waals surface area contributed by atoms with Crippen molar-refractivity contribution in [2.24, 2.45) is 11.1 Å². The number of nitrogens with two attached hydrogens (primary N) is 1. The molecule has 7 nitrogen and oxygen atoms in total. The second kappa shape index (κ2) is 5.49. The molecular weight excluding hydrogens is 279 g/mol. The molecule has 2 N–H and O–H groups in total. The molecule has 0 radical (unpaired) electrons. The van der Waals surface area contributed by atoms with Gasteiger partial charge in [-0.05, 0) is 5.92 Å². The molecule has 0 bridgehead atoms. The minimum absolute atomic E-state index is 0.0700. The van der Waals surface area contributed by atoms with Crippen molar-refractivity contribution in [3.63, 3.8) is 0 Å². The Morgan fingerprint density at radius 1 is 1.47 bits per heavy atom. The quantitative estimate of drug-likeness (QED) is 0.651. The van der Waals surface area contributed by atoms with Gasteiger partial charge in [0.15, 0.2) is 5.75 Å². The molecule has 0 aliphatic rings. The largest absolute Gasteiger partial charge is 0.486 e. The predicted molar refractivity (Wildman–Crippen MR) is 64.8 cm³/mol. The molecule has 0 aromatic heterocycles. The van der Waals surface area contributed by atoms with Gasteiger partial charge in [0.25, 0.3) is 0 Å². The predicted octanol–water partition coefficient (Wildman–Crippen LogP) is 1.42. The minimum Gasteiger partial charge on any atom is -0.486 e. The summed E-state index contributed by atoms with van der Waals surface area (Å²) in [5, 5.41) is 15.6. The molecule has 0 amide bonds. The summed E-state index contributed by atoms with van der Waals surface area (Å²) in [7, 11) is -4.37. The fourth-order valence-electron chi connectivity index (χ4n) is 1.26. The number of nitro groups is 1. The number of benzene rings is 1. The van der Waals surface area contributed by atoms with Gasteiger partial charge in [0.2, 0.25) is 10.0 Å². The minimum atomic E-state index is -4.37. The van der Waals surface area contributed by atoms with Crippen LogP contribution in [0.3, 0.4) is 0 Å². The molecule has 0 unspecified atom stereocenters. The molecular formula is C10H13FN2O5S. The Morgan fingerprint density at radius 2 is 2.05 bits per heavy atom. The van der Waals surface area contributed by atoms with E-state index in [1.54, 1.807) is 13.8 Å². The standard InChI is InChI=1S/C10H13FN2O5S/c1-6(2)5-18-9-3-7(11)10(19(12,16)17)4-8(9)13(14)15/h3-4,6H,5H2,1-2H3,(H2,12,16,17). The summed E-state index contributed by atoms with van der Waals surface area (Å²) in [6, 6.07) is 1.21. The van der Waals surface area contributed by atoms with Gasteiger partial charge in [-0.1, -0.05) is 13.8 Å². The average molecular weight is 292 g/mol. The topological polar surface area (TPSA) is 113 Å². The molecule has 0 atom stereocenters. The Morgan fingerprint density at radius 3 is 2.47 bits per heavy atom. The second-order valence-electron chi connectivity index (χ2n) is 4.26. The van der Waals surface area contributed by atoms with E-state index in [4.69, 9.17) is 9.88 Å². The summed E-state index contributed by atoms with van der Waals surface area (Å²) in [5.74, 6) is -1.45. The van der Waals surface area contributed by atoms with Crippen molar-refractivity contribution in [1.82, 2.24) is 0 Å². The number of nitro benzene ring substituents is 1. The average Bonchev–Trinajstić information content (AvgIpc) is 2.23. The van der Waals surface area contributed by atoms with Crippen molar-refractivity contribution in [3.05, 3.63) is 28.1 Å². The van der Waals surface area contributed by atoms with E-state index in [-0.39, 0.29) is 18.3 Å². The van der Waals surface area contributed by atoms with Crippen LogP contribution in [0.25, 0.3) is 0 Å². The number of halogens is 1. The third kappa shape index (κ3) is 3.86. The number of nitrogens with zero attached hydrogens (tertiary/aromatic N) is 1. The van der Waals surface area contributed by atoms with Crippen molar-refractivity contribution < 1.29 is 22.5 Å². The number of hydrogen-bond acceptors (Lipinski definition) is 5. The summed E-state index contributed by atoms with van der Waals surface area (Å²) >= 11 is 0. The molecule has 0 saturated carbocycles. The molecule has 0 fully saturated rings. The number of ether oxygens (including phenoxy) is 1. The fraction of sp³-hybridized carbons (Fsp3) is 0.400. The van der Waals surface area contributed by atoms with Gasteiger partial charge in [0.1, 0.15) is 10.7 Å². The molecule has 0 saturated heterocycles. The fourth-order valence-corrected chi connectivity index (χ4v) is 1.86. The normalized spacial score (nSPS) is 11.6. The molecule has 19 heavy (non-hydrogen) atoms. The molecule has 1 aromatic carbocycles. The summed E-state index contributed by atoms with van der Waals surface area (Å²) in [6.45, 7) is 3.75. The lowest BCUT2D eigenvalue weighted by molar-refractivity contribution is -0.386. The van der Waals surface area contributed by atoms with E-state index in [1.165, 1.54) is 0 Å². The van der Waals surface area contributed by atoms with Gasteiger partial charge < -0.3 is 4.74 Å². The van der Waals surface area contributed by atoms with Crippen LogP contribution in [0.15, 0.2) is 17.0 Å². The Bertz CT molecular complexity index is 600. The smallest absolute Gasteiger partial charge is 0.312 e. The van der Waals surface area contributed by atoms with Gasteiger partial charge in [0, 0.05) is 12.1 Å². The third-order valence-electron chi connectivity index (χ3n) is 2.09. The Kier molecular flexibility index (Phi) is 4.43. The van der Waals surface area contributed by atoms with Crippen molar-refractivity contribution >= 4 is 15.7 Å². The van der Waals surface area contributed by atoms with Crippen LogP contribution in [0.2, 0.25) is 0 Å². The molecule has 0 aliphatic heterocycles. The van der Waals surface area contributed by atoms with Crippen LogP contribution >= 0.6 is 0 Å².